The summed E-state index contributed by atoms with van der Waals surface area (Å²) in [5.74, 6) is 2.37. The van der Waals surface area contributed by atoms with Crippen LogP contribution < -0.4 is 0 Å². The molecule has 2 aromatic rings. The van der Waals surface area contributed by atoms with Gasteiger partial charge in [0.2, 0.25) is 0 Å². The SMILES string of the molecule is CC1CCCC(Cn2c(CCl)nc3cc(F)c(Br)cc32)C1. The molecule has 1 aliphatic carbocycles. The van der Waals surface area contributed by atoms with Crippen LogP contribution in [-0.2, 0) is 12.4 Å². The Labute approximate surface area is 137 Å². The van der Waals surface area contributed by atoms with E-state index in [9.17, 15) is 4.39 Å². The van der Waals surface area contributed by atoms with Crippen LogP contribution in [0.1, 0.15) is 38.4 Å². The van der Waals surface area contributed by atoms with Crippen molar-refractivity contribution in [3.63, 3.8) is 0 Å². The topological polar surface area (TPSA) is 17.8 Å². The highest BCUT2D eigenvalue weighted by Crippen LogP contribution is 2.32. The molecule has 21 heavy (non-hydrogen) atoms. The minimum Gasteiger partial charge on any atom is -0.327 e. The monoisotopic (exact) mass is 372 g/mol. The molecule has 1 aromatic carbocycles. The van der Waals surface area contributed by atoms with Crippen molar-refractivity contribution in [2.45, 2.75) is 45.0 Å². The Bertz CT molecular complexity index is 655. The zero-order valence-corrected chi connectivity index (χ0v) is 14.4. The van der Waals surface area contributed by atoms with Gasteiger partial charge in [-0.2, -0.15) is 0 Å². The predicted octanol–water partition coefficient (Wildman–Crippen LogP) is 5.50. The molecule has 2 nitrogen and oxygen atoms in total. The van der Waals surface area contributed by atoms with Crippen molar-refractivity contribution in [1.82, 2.24) is 9.55 Å². The minimum atomic E-state index is -0.278. The van der Waals surface area contributed by atoms with Gasteiger partial charge < -0.3 is 4.57 Å². The standard InChI is InChI=1S/C16H19BrClFN2/c1-10-3-2-4-11(5-10)9-21-15-6-12(17)13(19)7-14(15)20-16(21)8-18/h6-7,10-11H,2-5,8-9H2,1H3. The van der Waals surface area contributed by atoms with E-state index in [4.69, 9.17) is 11.6 Å². The van der Waals surface area contributed by atoms with Crippen molar-refractivity contribution in [2.75, 3.05) is 0 Å². The molecule has 0 radical (unpaired) electrons. The lowest BCUT2D eigenvalue weighted by Crippen LogP contribution is -2.19. The first-order chi connectivity index (χ1) is 10.1. The summed E-state index contributed by atoms with van der Waals surface area (Å²) in [7, 11) is 0. The molecule has 0 saturated heterocycles. The fourth-order valence-electron chi connectivity index (χ4n) is 3.46. The van der Waals surface area contributed by atoms with Crippen molar-refractivity contribution >= 4 is 38.6 Å². The summed E-state index contributed by atoms with van der Waals surface area (Å²) in [6.45, 7) is 3.26. The molecule has 1 saturated carbocycles. The van der Waals surface area contributed by atoms with Crippen LogP contribution in [0.3, 0.4) is 0 Å². The molecule has 1 aliphatic rings. The molecule has 114 valence electrons. The average Bonchev–Trinajstić information content (AvgIpc) is 2.77. The summed E-state index contributed by atoms with van der Waals surface area (Å²) in [5.41, 5.74) is 1.66. The van der Waals surface area contributed by atoms with Gasteiger partial charge in [-0.05, 0) is 46.7 Å². The highest BCUT2D eigenvalue weighted by Gasteiger charge is 2.22. The fraction of sp³-hybridized carbons (Fsp3) is 0.562. The quantitative estimate of drug-likeness (QED) is 0.649. The Hall–Kier alpha value is -0.610. The zero-order valence-electron chi connectivity index (χ0n) is 12.1. The Kier molecular flexibility index (Phi) is 4.55. The number of aromatic nitrogens is 2. The van der Waals surface area contributed by atoms with Crippen molar-refractivity contribution in [3.05, 3.63) is 28.2 Å². The summed E-state index contributed by atoms with van der Waals surface area (Å²) < 4.78 is 16.3. The van der Waals surface area contributed by atoms with E-state index in [1.54, 1.807) is 0 Å². The van der Waals surface area contributed by atoms with Crippen LogP contribution in [0, 0.1) is 17.7 Å². The first-order valence-electron chi connectivity index (χ1n) is 7.48. The minimum absolute atomic E-state index is 0.278. The highest BCUT2D eigenvalue weighted by molar-refractivity contribution is 9.10. The molecular formula is C16H19BrClFN2. The number of benzene rings is 1. The lowest BCUT2D eigenvalue weighted by atomic mass is 9.82. The molecular weight excluding hydrogens is 355 g/mol. The molecule has 0 bridgehead atoms. The summed E-state index contributed by atoms with van der Waals surface area (Å²) in [6.07, 6.45) is 5.14. The van der Waals surface area contributed by atoms with Gasteiger partial charge in [-0.3, -0.25) is 0 Å². The largest absolute Gasteiger partial charge is 0.327 e. The molecule has 5 heteroatoms. The normalized spacial score (nSPS) is 22.9. The maximum atomic E-state index is 13.7. The third-order valence-electron chi connectivity index (χ3n) is 4.47. The summed E-state index contributed by atoms with van der Waals surface area (Å²) >= 11 is 9.31. The van der Waals surface area contributed by atoms with Gasteiger partial charge in [0.05, 0.1) is 21.4 Å². The molecule has 1 aromatic heterocycles. The van der Waals surface area contributed by atoms with Gasteiger partial charge in [-0.15, -0.1) is 11.6 Å². The number of imidazole rings is 1. The zero-order chi connectivity index (χ0) is 15.0. The van der Waals surface area contributed by atoms with Crippen LogP contribution in [-0.4, -0.2) is 9.55 Å². The molecule has 2 unspecified atom stereocenters. The summed E-state index contributed by atoms with van der Waals surface area (Å²) in [5, 5.41) is 0. The Morgan fingerprint density at radius 1 is 1.43 bits per heavy atom. The highest BCUT2D eigenvalue weighted by atomic mass is 79.9. The number of hydrogen-bond acceptors (Lipinski definition) is 1. The van der Waals surface area contributed by atoms with Crippen molar-refractivity contribution in [3.8, 4) is 0 Å². The second kappa shape index (κ2) is 6.25. The summed E-state index contributed by atoms with van der Waals surface area (Å²) in [4.78, 5) is 4.49. The molecule has 0 N–H and O–H groups in total. The number of alkyl halides is 1. The van der Waals surface area contributed by atoms with Crippen LogP contribution in [0.25, 0.3) is 11.0 Å². The lowest BCUT2D eigenvalue weighted by Gasteiger charge is -2.27. The van der Waals surface area contributed by atoms with E-state index in [0.29, 0.717) is 21.8 Å². The van der Waals surface area contributed by atoms with Gasteiger partial charge in [-0.1, -0.05) is 19.8 Å². The van der Waals surface area contributed by atoms with Gasteiger partial charge in [0.25, 0.3) is 0 Å². The maximum Gasteiger partial charge on any atom is 0.139 e. The third kappa shape index (κ3) is 3.11. The lowest BCUT2D eigenvalue weighted by molar-refractivity contribution is 0.257. The average molecular weight is 374 g/mol. The number of fused-ring (bicyclic) bond motifs is 1. The predicted molar refractivity (Wildman–Crippen MR) is 88.1 cm³/mol. The van der Waals surface area contributed by atoms with Crippen molar-refractivity contribution < 1.29 is 4.39 Å². The van der Waals surface area contributed by atoms with E-state index >= 15 is 0 Å². The van der Waals surface area contributed by atoms with E-state index in [1.807, 2.05) is 6.07 Å². The first kappa shape index (κ1) is 15.3. The fourth-order valence-corrected chi connectivity index (χ4v) is 3.99. The number of halogens is 3. The van der Waals surface area contributed by atoms with Gasteiger partial charge in [0.15, 0.2) is 0 Å². The number of hydrogen-bond donors (Lipinski definition) is 0. The van der Waals surface area contributed by atoms with Gasteiger partial charge in [0.1, 0.15) is 11.6 Å². The number of rotatable bonds is 3. The van der Waals surface area contributed by atoms with Crippen molar-refractivity contribution in [2.24, 2.45) is 11.8 Å². The van der Waals surface area contributed by atoms with E-state index < -0.39 is 0 Å². The van der Waals surface area contributed by atoms with E-state index in [0.717, 1.165) is 23.8 Å². The molecule has 3 rings (SSSR count). The van der Waals surface area contributed by atoms with Gasteiger partial charge >= 0.3 is 0 Å². The van der Waals surface area contributed by atoms with Gasteiger partial charge in [0, 0.05) is 12.6 Å². The van der Waals surface area contributed by atoms with Crippen LogP contribution in [0.5, 0.6) is 0 Å². The molecule has 0 aliphatic heterocycles. The smallest absolute Gasteiger partial charge is 0.139 e. The first-order valence-corrected chi connectivity index (χ1v) is 8.81. The van der Waals surface area contributed by atoms with Gasteiger partial charge in [-0.25, -0.2) is 9.37 Å². The van der Waals surface area contributed by atoms with E-state index in [-0.39, 0.29) is 5.82 Å². The molecule has 1 fully saturated rings. The van der Waals surface area contributed by atoms with Crippen molar-refractivity contribution in [1.29, 1.82) is 0 Å². The van der Waals surface area contributed by atoms with Crippen LogP contribution in [0.4, 0.5) is 4.39 Å². The molecule has 1 heterocycles. The molecule has 0 spiro atoms. The summed E-state index contributed by atoms with van der Waals surface area (Å²) in [6, 6.07) is 3.30. The molecule has 0 amide bonds. The van der Waals surface area contributed by atoms with E-state index in [2.05, 4.69) is 32.4 Å². The van der Waals surface area contributed by atoms with E-state index in [1.165, 1.54) is 31.7 Å². The van der Waals surface area contributed by atoms with Crippen LogP contribution in [0.15, 0.2) is 16.6 Å². The second-order valence-electron chi connectivity index (χ2n) is 6.17. The second-order valence-corrected chi connectivity index (χ2v) is 7.29. The maximum absolute atomic E-state index is 13.7. The Morgan fingerprint density at radius 3 is 2.95 bits per heavy atom. The molecule has 2 atom stereocenters. The van der Waals surface area contributed by atoms with Crippen LogP contribution >= 0.6 is 27.5 Å². The Balaban J connectivity index is 1.97. The number of nitrogens with zero attached hydrogens (tertiary/aromatic N) is 2. The third-order valence-corrected chi connectivity index (χ3v) is 5.32. The van der Waals surface area contributed by atoms with Crippen LogP contribution in [0.2, 0.25) is 0 Å². The Morgan fingerprint density at radius 2 is 2.24 bits per heavy atom.